The molecule has 0 aliphatic rings. The molecule has 0 atom stereocenters. The quantitative estimate of drug-likeness (QED) is 0.331. The molecule has 4 heteroatoms. The highest BCUT2D eigenvalue weighted by atomic mass is 32.2. The number of fused-ring (bicyclic) bond motifs is 1. The van der Waals surface area contributed by atoms with Gasteiger partial charge in [-0.25, -0.2) is 9.50 Å². The van der Waals surface area contributed by atoms with Gasteiger partial charge in [0.25, 0.3) is 0 Å². The summed E-state index contributed by atoms with van der Waals surface area (Å²) in [4.78, 5) is 5.00. The molecule has 0 N–H and O–H groups in total. The highest BCUT2D eigenvalue weighted by Crippen LogP contribution is 2.33. The lowest BCUT2D eigenvalue weighted by molar-refractivity contribution is 0.792. The van der Waals surface area contributed by atoms with E-state index >= 15 is 0 Å². The van der Waals surface area contributed by atoms with Crippen molar-refractivity contribution in [2.45, 2.75) is 32.2 Å². The Morgan fingerprint density at radius 2 is 1.56 bits per heavy atom. The van der Waals surface area contributed by atoms with Crippen molar-refractivity contribution < 1.29 is 0 Å². The standard InChI is InChI=1S/C23H23N3S/c1-4-27-23-20(15-18-11-7-5-8-12-18)16(2)24-22-21(17(3)25-26(22)23)19-13-9-6-10-14-19/h5-14H,4,15H2,1-3H3. The summed E-state index contributed by atoms with van der Waals surface area (Å²) in [5.41, 5.74) is 7.91. The zero-order chi connectivity index (χ0) is 18.8. The first-order valence-electron chi connectivity index (χ1n) is 9.30. The number of nitrogens with zero attached hydrogens (tertiary/aromatic N) is 3. The molecule has 2 heterocycles. The van der Waals surface area contributed by atoms with Gasteiger partial charge < -0.3 is 0 Å². The molecule has 0 radical (unpaired) electrons. The molecule has 27 heavy (non-hydrogen) atoms. The van der Waals surface area contributed by atoms with E-state index < -0.39 is 0 Å². The Bertz CT molecular complexity index is 1070. The number of benzene rings is 2. The average molecular weight is 374 g/mol. The number of rotatable bonds is 5. The van der Waals surface area contributed by atoms with Crippen molar-refractivity contribution in [2.24, 2.45) is 0 Å². The molecule has 2 aromatic heterocycles. The normalized spacial score (nSPS) is 11.2. The molecule has 136 valence electrons. The summed E-state index contributed by atoms with van der Waals surface area (Å²) < 4.78 is 2.05. The first-order valence-corrected chi connectivity index (χ1v) is 10.3. The van der Waals surface area contributed by atoms with Crippen LogP contribution in [-0.4, -0.2) is 20.4 Å². The predicted octanol–water partition coefficient (Wildman–Crippen LogP) is 5.72. The molecule has 0 spiro atoms. The maximum Gasteiger partial charge on any atom is 0.164 e. The van der Waals surface area contributed by atoms with Crippen molar-refractivity contribution >= 4 is 17.4 Å². The van der Waals surface area contributed by atoms with Crippen molar-refractivity contribution in [3.8, 4) is 11.1 Å². The molecular formula is C23H23N3S. The number of aromatic nitrogens is 3. The van der Waals surface area contributed by atoms with E-state index in [1.165, 1.54) is 21.7 Å². The molecule has 4 rings (SSSR count). The van der Waals surface area contributed by atoms with Crippen molar-refractivity contribution in [3.05, 3.63) is 83.2 Å². The minimum absolute atomic E-state index is 0.873. The highest BCUT2D eigenvalue weighted by molar-refractivity contribution is 7.99. The van der Waals surface area contributed by atoms with Crippen molar-refractivity contribution in [1.29, 1.82) is 0 Å². The Morgan fingerprint density at radius 3 is 2.22 bits per heavy atom. The van der Waals surface area contributed by atoms with E-state index in [2.05, 4.69) is 79.9 Å². The lowest BCUT2D eigenvalue weighted by atomic mass is 10.0. The number of hydrogen-bond donors (Lipinski definition) is 0. The van der Waals surface area contributed by atoms with Gasteiger partial charge in [0, 0.05) is 23.2 Å². The Balaban J connectivity index is 1.93. The summed E-state index contributed by atoms with van der Waals surface area (Å²) in [6.45, 7) is 6.38. The molecule has 0 saturated heterocycles. The lowest BCUT2D eigenvalue weighted by Gasteiger charge is -2.14. The fraction of sp³-hybridized carbons (Fsp3) is 0.217. The van der Waals surface area contributed by atoms with Crippen LogP contribution in [0.15, 0.2) is 65.7 Å². The van der Waals surface area contributed by atoms with Crippen LogP contribution in [0.5, 0.6) is 0 Å². The minimum atomic E-state index is 0.873. The Kier molecular flexibility index (Phi) is 4.99. The van der Waals surface area contributed by atoms with Gasteiger partial charge >= 0.3 is 0 Å². The molecule has 0 unspecified atom stereocenters. The maximum absolute atomic E-state index is 5.00. The van der Waals surface area contributed by atoms with Gasteiger partial charge in [-0.2, -0.15) is 5.10 Å². The molecule has 2 aromatic carbocycles. The molecule has 4 aromatic rings. The van der Waals surface area contributed by atoms with Gasteiger partial charge in [0.05, 0.1) is 5.69 Å². The topological polar surface area (TPSA) is 30.2 Å². The van der Waals surface area contributed by atoms with Crippen molar-refractivity contribution in [1.82, 2.24) is 14.6 Å². The van der Waals surface area contributed by atoms with Gasteiger partial charge in [-0.15, -0.1) is 11.8 Å². The predicted molar refractivity (Wildman–Crippen MR) is 114 cm³/mol. The van der Waals surface area contributed by atoms with Gasteiger partial charge in [0.1, 0.15) is 5.03 Å². The zero-order valence-electron chi connectivity index (χ0n) is 15.9. The first kappa shape index (κ1) is 17.8. The van der Waals surface area contributed by atoms with Crippen LogP contribution in [0, 0.1) is 13.8 Å². The molecule has 0 amide bonds. The lowest BCUT2D eigenvalue weighted by Crippen LogP contribution is -2.06. The molecule has 0 bridgehead atoms. The summed E-state index contributed by atoms with van der Waals surface area (Å²) in [7, 11) is 0. The molecule has 3 nitrogen and oxygen atoms in total. The van der Waals surface area contributed by atoms with E-state index in [0.717, 1.165) is 34.8 Å². The van der Waals surface area contributed by atoms with Crippen LogP contribution in [0.4, 0.5) is 0 Å². The number of hydrogen-bond acceptors (Lipinski definition) is 3. The second-order valence-electron chi connectivity index (χ2n) is 6.64. The Hall–Kier alpha value is -2.59. The van der Waals surface area contributed by atoms with E-state index in [-0.39, 0.29) is 0 Å². The van der Waals surface area contributed by atoms with Gasteiger partial charge in [-0.05, 0) is 30.7 Å². The fourth-order valence-corrected chi connectivity index (χ4v) is 4.42. The van der Waals surface area contributed by atoms with Gasteiger partial charge in [-0.3, -0.25) is 0 Å². The van der Waals surface area contributed by atoms with Crippen LogP contribution in [0.2, 0.25) is 0 Å². The van der Waals surface area contributed by atoms with E-state index in [1.807, 2.05) is 17.8 Å². The summed E-state index contributed by atoms with van der Waals surface area (Å²) >= 11 is 1.84. The van der Waals surface area contributed by atoms with Gasteiger partial charge in [0.15, 0.2) is 5.65 Å². The number of thioether (sulfide) groups is 1. The Morgan fingerprint density at radius 1 is 0.889 bits per heavy atom. The fourth-order valence-electron chi connectivity index (χ4n) is 3.50. The largest absolute Gasteiger partial charge is 0.233 e. The van der Waals surface area contributed by atoms with E-state index in [9.17, 15) is 0 Å². The summed E-state index contributed by atoms with van der Waals surface area (Å²) in [5, 5.41) is 6.09. The third-order valence-electron chi connectivity index (χ3n) is 4.76. The SMILES string of the molecule is CCSc1c(Cc2ccccc2)c(C)nc2c(-c3ccccc3)c(C)nn12. The van der Waals surface area contributed by atoms with Crippen LogP contribution in [0.3, 0.4) is 0 Å². The first-order chi connectivity index (χ1) is 13.2. The van der Waals surface area contributed by atoms with Crippen LogP contribution in [-0.2, 0) is 6.42 Å². The second-order valence-corrected chi connectivity index (χ2v) is 7.89. The molecule has 0 aliphatic carbocycles. The van der Waals surface area contributed by atoms with Crippen LogP contribution in [0.1, 0.15) is 29.4 Å². The molecular weight excluding hydrogens is 350 g/mol. The monoisotopic (exact) mass is 373 g/mol. The molecule has 0 saturated carbocycles. The summed E-state index contributed by atoms with van der Waals surface area (Å²) in [5.74, 6) is 1.000. The van der Waals surface area contributed by atoms with Crippen LogP contribution < -0.4 is 0 Å². The van der Waals surface area contributed by atoms with E-state index in [4.69, 9.17) is 10.1 Å². The maximum atomic E-state index is 5.00. The smallest absolute Gasteiger partial charge is 0.164 e. The Labute approximate surface area is 164 Å². The summed E-state index contributed by atoms with van der Waals surface area (Å²) in [6, 6.07) is 21.0. The average Bonchev–Trinajstić information content (AvgIpc) is 3.01. The molecule has 0 aliphatic heterocycles. The van der Waals surface area contributed by atoms with Crippen molar-refractivity contribution in [3.63, 3.8) is 0 Å². The second kappa shape index (κ2) is 7.57. The van der Waals surface area contributed by atoms with E-state index in [1.54, 1.807) is 0 Å². The third-order valence-corrected chi connectivity index (χ3v) is 5.75. The minimum Gasteiger partial charge on any atom is -0.233 e. The summed E-state index contributed by atoms with van der Waals surface area (Å²) in [6.07, 6.45) is 0.873. The van der Waals surface area contributed by atoms with Gasteiger partial charge in [0.2, 0.25) is 0 Å². The highest BCUT2D eigenvalue weighted by Gasteiger charge is 2.20. The van der Waals surface area contributed by atoms with Gasteiger partial charge in [-0.1, -0.05) is 67.6 Å². The zero-order valence-corrected chi connectivity index (χ0v) is 16.8. The van der Waals surface area contributed by atoms with Crippen molar-refractivity contribution in [2.75, 3.05) is 5.75 Å². The van der Waals surface area contributed by atoms with Crippen LogP contribution >= 0.6 is 11.8 Å². The van der Waals surface area contributed by atoms with E-state index in [0.29, 0.717) is 0 Å². The third kappa shape index (κ3) is 3.37. The van der Waals surface area contributed by atoms with Crippen LogP contribution in [0.25, 0.3) is 16.8 Å². The molecule has 0 fully saturated rings. The number of aryl methyl sites for hydroxylation is 2.